The van der Waals surface area contributed by atoms with E-state index in [1.54, 1.807) is 0 Å². The van der Waals surface area contributed by atoms with E-state index in [-0.39, 0.29) is 36.0 Å². The Morgan fingerprint density at radius 3 is 2.45 bits per heavy atom. The van der Waals surface area contributed by atoms with Gasteiger partial charge in [0.25, 0.3) is 0 Å². The Morgan fingerprint density at radius 2 is 1.93 bits per heavy atom. The van der Waals surface area contributed by atoms with Crippen LogP contribution >= 0.6 is 24.0 Å². The van der Waals surface area contributed by atoms with Crippen LogP contribution in [0.4, 0.5) is 5.82 Å². The Balaban J connectivity index is 0.00000420. The lowest BCUT2D eigenvalue weighted by atomic mass is 9.79. The van der Waals surface area contributed by atoms with Gasteiger partial charge in [-0.1, -0.05) is 19.9 Å². The molecule has 29 heavy (non-hydrogen) atoms. The van der Waals surface area contributed by atoms with E-state index in [0.29, 0.717) is 6.04 Å². The van der Waals surface area contributed by atoms with Crippen molar-refractivity contribution in [1.82, 2.24) is 15.6 Å². The molecule has 2 rings (SSSR count). The molecule has 0 saturated carbocycles. The van der Waals surface area contributed by atoms with Gasteiger partial charge in [-0.15, -0.1) is 24.0 Å². The molecule has 1 aliphatic heterocycles. The summed E-state index contributed by atoms with van der Waals surface area (Å²) in [6.07, 6.45) is 6.97. The van der Waals surface area contributed by atoms with Crippen LogP contribution in [0, 0.1) is 12.3 Å². The predicted octanol–water partition coefficient (Wildman–Crippen LogP) is 3.72. The van der Waals surface area contributed by atoms with Crippen molar-refractivity contribution in [3.05, 3.63) is 23.9 Å². The number of nitrogens with zero attached hydrogens (tertiary/aromatic N) is 3. The minimum Gasteiger partial charge on any atom is -0.396 e. The molecule has 0 spiro atoms. The van der Waals surface area contributed by atoms with E-state index in [9.17, 15) is 5.11 Å². The molecule has 0 amide bonds. The minimum absolute atomic E-state index is 0. The average Bonchev–Trinajstić information content (AvgIpc) is 2.72. The van der Waals surface area contributed by atoms with E-state index in [4.69, 9.17) is 4.99 Å². The summed E-state index contributed by atoms with van der Waals surface area (Å²) in [7, 11) is 0. The van der Waals surface area contributed by atoms with Crippen molar-refractivity contribution in [2.24, 2.45) is 10.4 Å². The second kappa shape index (κ2) is 13.3. The Morgan fingerprint density at radius 1 is 1.24 bits per heavy atom. The highest BCUT2D eigenvalue weighted by molar-refractivity contribution is 14.0. The highest BCUT2D eigenvalue weighted by Gasteiger charge is 2.26. The number of aromatic nitrogens is 1. The number of anilines is 1. The summed E-state index contributed by atoms with van der Waals surface area (Å²) in [5, 5.41) is 16.5. The summed E-state index contributed by atoms with van der Waals surface area (Å²) in [5.74, 6) is 1.97. The van der Waals surface area contributed by atoms with Crippen molar-refractivity contribution >= 4 is 35.8 Å². The molecule has 0 unspecified atom stereocenters. The van der Waals surface area contributed by atoms with Crippen LogP contribution in [-0.4, -0.2) is 54.9 Å². The molecular weight excluding hydrogens is 477 g/mol. The van der Waals surface area contributed by atoms with Crippen LogP contribution in [0.5, 0.6) is 0 Å². The molecule has 166 valence electrons. The molecule has 6 nitrogen and oxygen atoms in total. The first-order valence-corrected chi connectivity index (χ1v) is 10.9. The second-order valence-electron chi connectivity index (χ2n) is 7.98. The number of rotatable bonds is 9. The number of piperidine rings is 1. The van der Waals surface area contributed by atoms with Gasteiger partial charge in [0.15, 0.2) is 5.96 Å². The zero-order valence-electron chi connectivity index (χ0n) is 18.6. The molecule has 0 radical (unpaired) electrons. The number of nitrogens with one attached hydrogen (secondary N) is 2. The van der Waals surface area contributed by atoms with Crippen LogP contribution in [0.1, 0.15) is 58.4 Å². The highest BCUT2D eigenvalue weighted by Crippen LogP contribution is 2.30. The van der Waals surface area contributed by atoms with Gasteiger partial charge in [-0.3, -0.25) is 4.99 Å². The third-order valence-electron chi connectivity index (χ3n) is 6.11. The SMILES string of the molecule is CCNC(=NCC(CC)(CC)CCO)NC1CCN(c2ccc(C)cn2)CC1.I. The largest absolute Gasteiger partial charge is 0.396 e. The van der Waals surface area contributed by atoms with Crippen molar-refractivity contribution in [2.75, 3.05) is 37.7 Å². The fourth-order valence-electron chi connectivity index (χ4n) is 3.80. The van der Waals surface area contributed by atoms with E-state index in [1.165, 1.54) is 5.56 Å². The lowest BCUT2D eigenvalue weighted by Gasteiger charge is -2.34. The topological polar surface area (TPSA) is 72.8 Å². The minimum atomic E-state index is 0. The Kier molecular flexibility index (Phi) is 11.9. The number of aliphatic imine (C=N–C) groups is 1. The van der Waals surface area contributed by atoms with Gasteiger partial charge in [-0.25, -0.2) is 4.98 Å². The lowest BCUT2D eigenvalue weighted by Crippen LogP contribution is -2.49. The van der Waals surface area contributed by atoms with Crippen LogP contribution in [0.2, 0.25) is 0 Å². The normalized spacial score (nSPS) is 15.8. The smallest absolute Gasteiger partial charge is 0.191 e. The monoisotopic (exact) mass is 517 g/mol. The van der Waals surface area contributed by atoms with Crippen LogP contribution in [0.15, 0.2) is 23.3 Å². The van der Waals surface area contributed by atoms with Gasteiger partial charge < -0.3 is 20.6 Å². The third-order valence-corrected chi connectivity index (χ3v) is 6.11. The number of aliphatic hydroxyl groups excluding tert-OH is 1. The molecule has 1 aliphatic rings. The van der Waals surface area contributed by atoms with Gasteiger partial charge >= 0.3 is 0 Å². The average molecular weight is 518 g/mol. The number of halogens is 1. The summed E-state index contributed by atoms with van der Waals surface area (Å²) < 4.78 is 0. The molecule has 3 N–H and O–H groups in total. The van der Waals surface area contributed by atoms with Crippen LogP contribution in [0.25, 0.3) is 0 Å². The van der Waals surface area contributed by atoms with Crippen molar-refractivity contribution < 1.29 is 5.11 Å². The maximum absolute atomic E-state index is 9.44. The Bertz CT molecular complexity index is 596. The van der Waals surface area contributed by atoms with Gasteiger partial charge in [0.2, 0.25) is 0 Å². The molecule has 7 heteroatoms. The standard InChI is InChI=1S/C22H39N5O.HI/c1-5-22(6-2,12-15-28)17-25-21(23-7-3)26-19-10-13-27(14-11-19)20-9-8-18(4)16-24-20;/h8-9,16,19,28H,5-7,10-15,17H2,1-4H3,(H2,23,25,26);1H. The first kappa shape index (κ1) is 25.9. The quantitative estimate of drug-likeness (QED) is 0.265. The van der Waals surface area contributed by atoms with Gasteiger partial charge in [0, 0.05) is 45.0 Å². The molecule has 0 aliphatic carbocycles. The number of pyridine rings is 1. The van der Waals surface area contributed by atoms with Gasteiger partial charge in [-0.2, -0.15) is 0 Å². The molecule has 0 bridgehead atoms. The van der Waals surface area contributed by atoms with Crippen LogP contribution in [0.3, 0.4) is 0 Å². The zero-order chi connectivity index (χ0) is 20.4. The van der Waals surface area contributed by atoms with E-state index in [1.807, 2.05) is 6.20 Å². The summed E-state index contributed by atoms with van der Waals surface area (Å²) in [4.78, 5) is 11.8. The van der Waals surface area contributed by atoms with Crippen molar-refractivity contribution in [3.63, 3.8) is 0 Å². The van der Waals surface area contributed by atoms with Crippen molar-refractivity contribution in [1.29, 1.82) is 0 Å². The van der Waals surface area contributed by atoms with Crippen molar-refractivity contribution in [3.8, 4) is 0 Å². The fourth-order valence-corrected chi connectivity index (χ4v) is 3.80. The van der Waals surface area contributed by atoms with Crippen molar-refractivity contribution in [2.45, 2.75) is 65.8 Å². The number of hydrogen-bond donors (Lipinski definition) is 3. The second-order valence-corrected chi connectivity index (χ2v) is 7.98. The Hall–Kier alpha value is -1.09. The summed E-state index contributed by atoms with van der Waals surface area (Å²) >= 11 is 0. The van der Waals surface area contributed by atoms with Crippen LogP contribution < -0.4 is 15.5 Å². The number of aliphatic hydroxyl groups is 1. The molecule has 1 aromatic rings. The summed E-state index contributed by atoms with van der Waals surface area (Å²) in [5.41, 5.74) is 1.29. The number of hydrogen-bond acceptors (Lipinski definition) is 4. The highest BCUT2D eigenvalue weighted by atomic mass is 127. The predicted molar refractivity (Wildman–Crippen MR) is 133 cm³/mol. The molecule has 1 fully saturated rings. The molecule has 0 aromatic carbocycles. The number of aryl methyl sites for hydroxylation is 1. The first-order valence-electron chi connectivity index (χ1n) is 10.9. The maximum Gasteiger partial charge on any atom is 0.191 e. The van der Waals surface area contributed by atoms with E-state index < -0.39 is 0 Å². The molecular formula is C22H40IN5O. The summed E-state index contributed by atoms with van der Waals surface area (Å²) in [6, 6.07) is 4.67. The molecule has 1 aromatic heterocycles. The molecule has 0 atom stereocenters. The zero-order valence-corrected chi connectivity index (χ0v) is 20.9. The van der Waals surface area contributed by atoms with E-state index >= 15 is 0 Å². The van der Waals surface area contributed by atoms with Crippen LogP contribution in [-0.2, 0) is 0 Å². The van der Waals surface area contributed by atoms with Gasteiger partial charge in [0.05, 0.1) is 0 Å². The van der Waals surface area contributed by atoms with Gasteiger partial charge in [0.1, 0.15) is 5.82 Å². The Labute approximate surface area is 194 Å². The van der Waals surface area contributed by atoms with E-state index in [0.717, 1.165) is 70.1 Å². The molecule has 1 saturated heterocycles. The molecule has 2 heterocycles. The van der Waals surface area contributed by atoms with Gasteiger partial charge in [-0.05, 0) is 63.0 Å². The number of guanidine groups is 1. The van der Waals surface area contributed by atoms with E-state index in [2.05, 4.69) is 60.3 Å². The third kappa shape index (κ3) is 7.92. The fraction of sp³-hybridized carbons (Fsp3) is 0.727. The first-order chi connectivity index (χ1) is 13.6. The summed E-state index contributed by atoms with van der Waals surface area (Å²) in [6.45, 7) is 12.4. The lowest BCUT2D eigenvalue weighted by molar-refractivity contribution is 0.175. The maximum atomic E-state index is 9.44.